The molecule has 1 N–H and O–H groups in total. The van der Waals surface area contributed by atoms with Gasteiger partial charge < -0.3 is 5.32 Å². The Morgan fingerprint density at radius 2 is 2.14 bits per heavy atom. The molecule has 0 fully saturated rings. The molecule has 6 heteroatoms. The number of pyridine rings is 1. The first-order valence-electron chi connectivity index (χ1n) is 6.70. The van der Waals surface area contributed by atoms with E-state index in [0.29, 0.717) is 12.1 Å². The molecule has 0 spiro atoms. The molecule has 0 aliphatic heterocycles. The number of hydrogen-bond acceptors (Lipinski definition) is 3. The molecule has 3 rings (SSSR count). The zero-order chi connectivity index (χ0) is 15.4. The van der Waals surface area contributed by atoms with Gasteiger partial charge in [0.05, 0.1) is 11.3 Å². The Bertz CT molecular complexity index is 786. The van der Waals surface area contributed by atoms with Gasteiger partial charge in [0.25, 0.3) is 5.91 Å². The van der Waals surface area contributed by atoms with Crippen molar-refractivity contribution in [3.63, 3.8) is 0 Å². The summed E-state index contributed by atoms with van der Waals surface area (Å²) in [6.45, 7) is 0.445. The third-order valence-corrected chi connectivity index (χ3v) is 3.53. The summed E-state index contributed by atoms with van der Waals surface area (Å²) in [6.07, 6.45) is 6.80. The van der Waals surface area contributed by atoms with Gasteiger partial charge in [-0.2, -0.15) is 5.10 Å². The molecule has 110 valence electrons. The third-order valence-electron chi connectivity index (χ3n) is 3.10. The molecular weight excluding hydrogens is 344 g/mol. The van der Waals surface area contributed by atoms with Crippen molar-refractivity contribution < 1.29 is 4.79 Å². The summed E-state index contributed by atoms with van der Waals surface area (Å²) < 4.78 is 2.56. The Balaban J connectivity index is 1.69. The number of carbonyl (C=O) groups is 1. The smallest absolute Gasteiger partial charge is 0.253 e. The van der Waals surface area contributed by atoms with E-state index in [1.165, 1.54) is 0 Å². The molecule has 0 atom stereocenters. The van der Waals surface area contributed by atoms with Gasteiger partial charge in [-0.1, -0.05) is 12.1 Å². The van der Waals surface area contributed by atoms with Gasteiger partial charge in [-0.3, -0.25) is 9.78 Å². The number of rotatable bonds is 4. The number of carbonyl (C=O) groups excluding carboxylic acids is 1. The van der Waals surface area contributed by atoms with Crippen LogP contribution in [0.1, 0.15) is 15.9 Å². The first kappa shape index (κ1) is 14.5. The highest BCUT2D eigenvalue weighted by molar-refractivity contribution is 9.10. The highest BCUT2D eigenvalue weighted by atomic mass is 79.9. The second-order valence-electron chi connectivity index (χ2n) is 4.70. The maximum atomic E-state index is 12.1. The molecule has 0 bridgehead atoms. The Hall–Kier alpha value is -2.47. The number of nitrogens with one attached hydrogen (secondary N) is 1. The summed E-state index contributed by atoms with van der Waals surface area (Å²) in [7, 11) is 0. The number of halogens is 1. The Morgan fingerprint density at radius 1 is 1.23 bits per heavy atom. The molecule has 0 saturated carbocycles. The van der Waals surface area contributed by atoms with E-state index in [1.54, 1.807) is 29.3 Å². The van der Waals surface area contributed by atoms with Crippen LogP contribution in [0.2, 0.25) is 0 Å². The van der Waals surface area contributed by atoms with Gasteiger partial charge in [0, 0.05) is 35.8 Å². The largest absolute Gasteiger partial charge is 0.348 e. The summed E-state index contributed by atoms with van der Waals surface area (Å²) >= 11 is 3.31. The Morgan fingerprint density at radius 3 is 2.91 bits per heavy atom. The average molecular weight is 357 g/mol. The molecule has 1 amide bonds. The minimum Gasteiger partial charge on any atom is -0.348 e. The van der Waals surface area contributed by atoms with Crippen LogP contribution in [0.25, 0.3) is 5.69 Å². The zero-order valence-electron chi connectivity index (χ0n) is 11.6. The third kappa shape index (κ3) is 3.40. The Labute approximate surface area is 136 Å². The standard InChI is InChI=1S/C16H13BrN4O/c17-14-8-13(10-18-11-14)16(22)19-9-12-3-1-4-15(7-12)21-6-2-5-20-21/h1-8,10-11H,9H2,(H,19,22). The lowest BCUT2D eigenvalue weighted by molar-refractivity contribution is 0.0950. The lowest BCUT2D eigenvalue weighted by atomic mass is 10.2. The van der Waals surface area contributed by atoms with Gasteiger partial charge >= 0.3 is 0 Å². The van der Waals surface area contributed by atoms with Crippen molar-refractivity contribution in [2.45, 2.75) is 6.54 Å². The maximum absolute atomic E-state index is 12.1. The van der Waals surface area contributed by atoms with Crippen LogP contribution in [0, 0.1) is 0 Å². The van der Waals surface area contributed by atoms with Crippen LogP contribution < -0.4 is 5.32 Å². The van der Waals surface area contributed by atoms with E-state index >= 15 is 0 Å². The maximum Gasteiger partial charge on any atom is 0.253 e. The van der Waals surface area contributed by atoms with Crippen molar-refractivity contribution >= 4 is 21.8 Å². The van der Waals surface area contributed by atoms with Crippen LogP contribution >= 0.6 is 15.9 Å². The molecule has 2 heterocycles. The van der Waals surface area contributed by atoms with Crippen molar-refractivity contribution in [1.29, 1.82) is 0 Å². The van der Waals surface area contributed by atoms with E-state index in [0.717, 1.165) is 15.7 Å². The molecule has 2 aromatic heterocycles. The number of aromatic nitrogens is 3. The van der Waals surface area contributed by atoms with Crippen LogP contribution in [0.15, 0.2) is 65.7 Å². The van der Waals surface area contributed by atoms with Gasteiger partial charge in [0.1, 0.15) is 0 Å². The molecular formula is C16H13BrN4O. The lowest BCUT2D eigenvalue weighted by Gasteiger charge is -2.07. The van der Waals surface area contributed by atoms with Gasteiger partial charge in [-0.25, -0.2) is 4.68 Å². The quantitative estimate of drug-likeness (QED) is 0.781. The summed E-state index contributed by atoms with van der Waals surface area (Å²) in [6, 6.07) is 11.5. The van der Waals surface area contributed by atoms with E-state index in [4.69, 9.17) is 0 Å². The lowest BCUT2D eigenvalue weighted by Crippen LogP contribution is -2.23. The molecule has 1 aromatic carbocycles. The van der Waals surface area contributed by atoms with Crippen LogP contribution in [-0.4, -0.2) is 20.7 Å². The van der Waals surface area contributed by atoms with Crippen molar-refractivity contribution in [3.8, 4) is 5.69 Å². The van der Waals surface area contributed by atoms with Crippen molar-refractivity contribution in [2.75, 3.05) is 0 Å². The predicted octanol–water partition coefficient (Wildman–Crippen LogP) is 2.96. The fourth-order valence-electron chi connectivity index (χ4n) is 2.05. The Kier molecular flexibility index (Phi) is 4.29. The minimum atomic E-state index is -0.154. The van der Waals surface area contributed by atoms with Gasteiger partial charge in [-0.15, -0.1) is 0 Å². The van der Waals surface area contributed by atoms with Gasteiger partial charge in [0.2, 0.25) is 0 Å². The average Bonchev–Trinajstić information content (AvgIpc) is 3.07. The second-order valence-corrected chi connectivity index (χ2v) is 5.61. The number of benzene rings is 1. The van der Waals surface area contributed by atoms with Crippen LogP contribution in [0.5, 0.6) is 0 Å². The molecule has 3 aromatic rings. The SMILES string of the molecule is O=C(NCc1cccc(-n2cccn2)c1)c1cncc(Br)c1. The predicted molar refractivity (Wildman–Crippen MR) is 86.7 cm³/mol. The van der Waals surface area contributed by atoms with Crippen molar-refractivity contribution in [3.05, 3.63) is 76.8 Å². The van der Waals surface area contributed by atoms with E-state index < -0.39 is 0 Å². The fourth-order valence-corrected chi connectivity index (χ4v) is 2.42. The summed E-state index contributed by atoms with van der Waals surface area (Å²) in [5, 5.41) is 7.08. The molecule has 5 nitrogen and oxygen atoms in total. The monoisotopic (exact) mass is 356 g/mol. The van der Waals surface area contributed by atoms with E-state index in [9.17, 15) is 4.79 Å². The highest BCUT2D eigenvalue weighted by Gasteiger charge is 2.06. The van der Waals surface area contributed by atoms with Crippen molar-refractivity contribution in [1.82, 2.24) is 20.1 Å². The fraction of sp³-hybridized carbons (Fsp3) is 0.0625. The van der Waals surface area contributed by atoms with Crippen LogP contribution in [0.4, 0.5) is 0 Å². The van der Waals surface area contributed by atoms with Crippen molar-refractivity contribution in [2.24, 2.45) is 0 Å². The number of hydrogen-bond donors (Lipinski definition) is 1. The molecule has 0 unspecified atom stereocenters. The second kappa shape index (κ2) is 6.53. The van der Waals surface area contributed by atoms with E-state index in [1.807, 2.05) is 36.5 Å². The number of nitrogens with zero attached hydrogens (tertiary/aromatic N) is 3. The van der Waals surface area contributed by atoms with E-state index in [-0.39, 0.29) is 5.91 Å². The molecule has 22 heavy (non-hydrogen) atoms. The summed E-state index contributed by atoms with van der Waals surface area (Å²) in [5.74, 6) is -0.154. The first-order chi connectivity index (χ1) is 10.7. The van der Waals surface area contributed by atoms with Crippen LogP contribution in [-0.2, 0) is 6.54 Å². The molecule has 0 saturated heterocycles. The molecule has 0 aliphatic carbocycles. The number of amides is 1. The van der Waals surface area contributed by atoms with Crippen LogP contribution in [0.3, 0.4) is 0 Å². The summed E-state index contributed by atoms with van der Waals surface area (Å²) in [4.78, 5) is 16.1. The molecule has 0 aliphatic rings. The van der Waals surface area contributed by atoms with Gasteiger partial charge in [0.15, 0.2) is 0 Å². The first-order valence-corrected chi connectivity index (χ1v) is 7.49. The molecule has 0 radical (unpaired) electrons. The minimum absolute atomic E-state index is 0.154. The topological polar surface area (TPSA) is 59.8 Å². The van der Waals surface area contributed by atoms with E-state index in [2.05, 4.69) is 31.3 Å². The van der Waals surface area contributed by atoms with Gasteiger partial charge in [-0.05, 0) is 45.8 Å². The normalized spacial score (nSPS) is 10.4. The highest BCUT2D eigenvalue weighted by Crippen LogP contribution is 2.11. The summed E-state index contributed by atoms with van der Waals surface area (Å²) in [5.41, 5.74) is 2.49. The zero-order valence-corrected chi connectivity index (χ0v) is 13.2.